The molecule has 0 aliphatic rings. The number of alkyl halides is 3. The average molecular weight is 301 g/mol. The number of halogens is 5. The molecule has 0 radical (unpaired) electrons. The summed E-state index contributed by atoms with van der Waals surface area (Å²) in [5.41, 5.74) is -0.608. The highest BCUT2D eigenvalue weighted by atomic mass is 19.4. The first-order valence-corrected chi connectivity index (χ1v) is 6.17. The van der Waals surface area contributed by atoms with Crippen LogP contribution in [0.15, 0.2) is 42.5 Å². The molecule has 21 heavy (non-hydrogen) atoms. The van der Waals surface area contributed by atoms with Crippen LogP contribution in [-0.4, -0.2) is 0 Å². The van der Waals surface area contributed by atoms with Gasteiger partial charge in [-0.1, -0.05) is 24.3 Å². The number of hydrogen-bond acceptors (Lipinski definition) is 1. The fraction of sp³-hybridized carbons (Fsp3) is 0.200. The molecule has 0 bridgehead atoms. The summed E-state index contributed by atoms with van der Waals surface area (Å²) in [6.07, 6.45) is -4.73. The second-order valence-electron chi connectivity index (χ2n) is 4.51. The number of rotatable bonds is 4. The Bertz CT molecular complexity index is 622. The third-order valence-electron chi connectivity index (χ3n) is 2.94. The van der Waals surface area contributed by atoms with Gasteiger partial charge in [-0.3, -0.25) is 0 Å². The Balaban J connectivity index is 2.03. The van der Waals surface area contributed by atoms with Gasteiger partial charge >= 0.3 is 6.18 Å². The normalized spacial score (nSPS) is 11.7. The van der Waals surface area contributed by atoms with Gasteiger partial charge in [-0.2, -0.15) is 13.2 Å². The van der Waals surface area contributed by atoms with Crippen molar-refractivity contribution in [1.82, 2.24) is 5.32 Å². The van der Waals surface area contributed by atoms with E-state index in [1.54, 1.807) is 18.2 Å². The van der Waals surface area contributed by atoms with E-state index in [0.29, 0.717) is 5.56 Å². The summed E-state index contributed by atoms with van der Waals surface area (Å²) in [6.45, 7) is 0.253. The summed E-state index contributed by atoms with van der Waals surface area (Å²) in [5.74, 6) is -1.69. The lowest BCUT2D eigenvalue weighted by atomic mass is 10.1. The monoisotopic (exact) mass is 301 g/mol. The maximum atomic E-state index is 13.4. The van der Waals surface area contributed by atoms with Gasteiger partial charge in [-0.05, 0) is 23.8 Å². The SMILES string of the molecule is Fc1ccccc1CNCc1ccc(F)c(C(F)(F)F)c1. The van der Waals surface area contributed by atoms with Crippen LogP contribution in [0.2, 0.25) is 0 Å². The van der Waals surface area contributed by atoms with Crippen molar-refractivity contribution in [3.63, 3.8) is 0 Å². The molecule has 1 nitrogen and oxygen atoms in total. The van der Waals surface area contributed by atoms with Crippen LogP contribution in [-0.2, 0) is 19.3 Å². The Morgan fingerprint density at radius 1 is 0.857 bits per heavy atom. The third kappa shape index (κ3) is 4.01. The molecule has 112 valence electrons. The topological polar surface area (TPSA) is 12.0 Å². The van der Waals surface area contributed by atoms with Gasteiger partial charge in [0, 0.05) is 18.7 Å². The van der Waals surface area contributed by atoms with Gasteiger partial charge in [0.2, 0.25) is 0 Å². The van der Waals surface area contributed by atoms with E-state index in [1.807, 2.05) is 0 Å². The smallest absolute Gasteiger partial charge is 0.309 e. The Kier molecular flexibility index (Phi) is 4.57. The maximum absolute atomic E-state index is 13.4. The van der Waals surface area contributed by atoms with Crippen molar-refractivity contribution in [3.05, 3.63) is 70.8 Å². The van der Waals surface area contributed by atoms with Crippen LogP contribution in [0, 0.1) is 11.6 Å². The van der Waals surface area contributed by atoms with Crippen molar-refractivity contribution in [3.8, 4) is 0 Å². The standard InChI is InChI=1S/C15H12F5N/c16-13-4-2-1-3-11(13)9-21-8-10-5-6-14(17)12(7-10)15(18,19)20/h1-7,21H,8-9H2. The van der Waals surface area contributed by atoms with E-state index in [-0.39, 0.29) is 24.5 Å². The molecule has 2 aromatic carbocycles. The molecule has 0 aliphatic carbocycles. The van der Waals surface area contributed by atoms with E-state index < -0.39 is 17.6 Å². The second kappa shape index (κ2) is 6.22. The van der Waals surface area contributed by atoms with Crippen LogP contribution < -0.4 is 5.32 Å². The van der Waals surface area contributed by atoms with E-state index in [0.717, 1.165) is 12.1 Å². The van der Waals surface area contributed by atoms with Gasteiger partial charge in [0.05, 0.1) is 5.56 Å². The fourth-order valence-corrected chi connectivity index (χ4v) is 1.88. The molecule has 0 amide bonds. The van der Waals surface area contributed by atoms with Crippen LogP contribution in [0.1, 0.15) is 16.7 Å². The van der Waals surface area contributed by atoms with Crippen molar-refractivity contribution in [1.29, 1.82) is 0 Å². The number of hydrogen-bond donors (Lipinski definition) is 1. The van der Waals surface area contributed by atoms with Crippen LogP contribution in [0.3, 0.4) is 0 Å². The van der Waals surface area contributed by atoms with Crippen molar-refractivity contribution in [2.45, 2.75) is 19.3 Å². The van der Waals surface area contributed by atoms with E-state index in [1.165, 1.54) is 12.1 Å². The summed E-state index contributed by atoms with van der Waals surface area (Å²) >= 11 is 0. The first-order chi connectivity index (χ1) is 9.88. The van der Waals surface area contributed by atoms with Gasteiger partial charge in [0.25, 0.3) is 0 Å². The minimum Gasteiger partial charge on any atom is -0.309 e. The largest absolute Gasteiger partial charge is 0.419 e. The van der Waals surface area contributed by atoms with Gasteiger partial charge in [0.15, 0.2) is 0 Å². The zero-order valence-electron chi connectivity index (χ0n) is 10.8. The molecule has 0 saturated carbocycles. The highest BCUT2D eigenvalue weighted by Gasteiger charge is 2.34. The Morgan fingerprint density at radius 2 is 1.57 bits per heavy atom. The summed E-state index contributed by atoms with van der Waals surface area (Å²) in [4.78, 5) is 0. The summed E-state index contributed by atoms with van der Waals surface area (Å²) in [5, 5.41) is 2.83. The zero-order chi connectivity index (χ0) is 15.5. The first-order valence-electron chi connectivity index (χ1n) is 6.17. The maximum Gasteiger partial charge on any atom is 0.419 e. The molecule has 1 N–H and O–H groups in total. The summed E-state index contributed by atoms with van der Waals surface area (Å²) in [6, 6.07) is 8.89. The predicted molar refractivity (Wildman–Crippen MR) is 68.3 cm³/mol. The molecule has 0 atom stereocenters. The molecule has 0 heterocycles. The van der Waals surface area contributed by atoms with Gasteiger partial charge in [-0.25, -0.2) is 8.78 Å². The van der Waals surface area contributed by atoms with E-state index in [2.05, 4.69) is 5.32 Å². The first kappa shape index (κ1) is 15.4. The van der Waals surface area contributed by atoms with Crippen molar-refractivity contribution >= 4 is 0 Å². The molecule has 0 saturated heterocycles. The van der Waals surface area contributed by atoms with Crippen LogP contribution >= 0.6 is 0 Å². The highest BCUT2D eigenvalue weighted by molar-refractivity contribution is 5.27. The molecule has 0 aliphatic heterocycles. The van der Waals surface area contributed by atoms with Crippen molar-refractivity contribution < 1.29 is 22.0 Å². The number of nitrogens with one attached hydrogen (secondary N) is 1. The lowest BCUT2D eigenvalue weighted by Gasteiger charge is -2.11. The summed E-state index contributed by atoms with van der Waals surface area (Å²) < 4.78 is 64.1. The van der Waals surface area contributed by atoms with E-state index in [4.69, 9.17) is 0 Å². The molecule has 2 aromatic rings. The lowest BCUT2D eigenvalue weighted by Crippen LogP contribution is -2.15. The van der Waals surface area contributed by atoms with E-state index in [9.17, 15) is 22.0 Å². The Morgan fingerprint density at radius 3 is 2.24 bits per heavy atom. The third-order valence-corrected chi connectivity index (χ3v) is 2.94. The zero-order valence-corrected chi connectivity index (χ0v) is 10.8. The van der Waals surface area contributed by atoms with Crippen LogP contribution in [0.5, 0.6) is 0 Å². The van der Waals surface area contributed by atoms with Gasteiger partial charge < -0.3 is 5.32 Å². The lowest BCUT2D eigenvalue weighted by molar-refractivity contribution is -0.140. The molecule has 0 fully saturated rings. The molecule has 0 spiro atoms. The fourth-order valence-electron chi connectivity index (χ4n) is 1.88. The minimum absolute atomic E-state index is 0.0810. The second-order valence-corrected chi connectivity index (χ2v) is 4.51. The summed E-state index contributed by atoms with van der Waals surface area (Å²) in [7, 11) is 0. The minimum atomic E-state index is -4.73. The molecule has 0 unspecified atom stereocenters. The highest BCUT2D eigenvalue weighted by Crippen LogP contribution is 2.31. The number of benzene rings is 2. The molecular formula is C15H12F5N. The van der Waals surface area contributed by atoms with Gasteiger partial charge in [-0.15, -0.1) is 0 Å². The molecule has 2 rings (SSSR count). The van der Waals surface area contributed by atoms with Crippen molar-refractivity contribution in [2.24, 2.45) is 0 Å². The molecular weight excluding hydrogens is 289 g/mol. The predicted octanol–water partition coefficient (Wildman–Crippen LogP) is 4.27. The van der Waals surface area contributed by atoms with Gasteiger partial charge in [0.1, 0.15) is 11.6 Å². The molecule has 0 aromatic heterocycles. The quantitative estimate of drug-likeness (QED) is 0.831. The van der Waals surface area contributed by atoms with Crippen molar-refractivity contribution in [2.75, 3.05) is 0 Å². The average Bonchev–Trinajstić information content (AvgIpc) is 2.41. The van der Waals surface area contributed by atoms with E-state index >= 15 is 0 Å². The Hall–Kier alpha value is -1.95. The Labute approximate surface area is 118 Å². The molecule has 6 heteroatoms. The van der Waals surface area contributed by atoms with Crippen LogP contribution in [0.25, 0.3) is 0 Å². The van der Waals surface area contributed by atoms with Crippen LogP contribution in [0.4, 0.5) is 22.0 Å².